The van der Waals surface area contributed by atoms with Crippen molar-refractivity contribution in [3.8, 4) is 11.1 Å². The second kappa shape index (κ2) is 8.27. The molecular formula is C26H31N3O. The quantitative estimate of drug-likeness (QED) is 0.646. The second-order valence-electron chi connectivity index (χ2n) is 8.92. The molecule has 3 aromatic rings. The molecule has 4 heteroatoms. The van der Waals surface area contributed by atoms with Crippen molar-refractivity contribution in [1.82, 2.24) is 14.8 Å². The van der Waals surface area contributed by atoms with Crippen LogP contribution < -0.4 is 5.32 Å². The number of para-hydroxylation sites is 1. The largest absolute Gasteiger partial charge is 0.354 e. The van der Waals surface area contributed by atoms with E-state index in [0.717, 1.165) is 11.9 Å². The summed E-state index contributed by atoms with van der Waals surface area (Å²) in [4.78, 5) is 15.3. The lowest BCUT2D eigenvalue weighted by atomic mass is 9.91. The van der Waals surface area contributed by atoms with Crippen molar-refractivity contribution in [2.45, 2.75) is 57.2 Å². The van der Waals surface area contributed by atoms with Gasteiger partial charge >= 0.3 is 0 Å². The molecule has 1 amide bonds. The van der Waals surface area contributed by atoms with Gasteiger partial charge in [0.25, 0.3) is 0 Å². The average Bonchev–Trinajstić information content (AvgIpc) is 3.20. The van der Waals surface area contributed by atoms with Crippen LogP contribution in [0.25, 0.3) is 22.0 Å². The summed E-state index contributed by atoms with van der Waals surface area (Å²) in [5.41, 5.74) is 4.88. The standard InChI is InChI=1S/C26H31N3O/c1-28(22-7-3-2-4-8-22)24-14-16-27-25(30)18-29-17-15-21-6-5-9-23(26(21)29)19-10-12-20(24)13-11-19/h5-6,9-13,15,17,22,24H,2-4,7-8,14,16,18H2,1H3,(H,27,30). The Morgan fingerprint density at radius 1 is 0.967 bits per heavy atom. The van der Waals surface area contributed by atoms with E-state index in [1.165, 1.54) is 54.2 Å². The highest BCUT2D eigenvalue weighted by Gasteiger charge is 2.26. The number of carbonyl (C=O) groups excluding carboxylic acids is 1. The third-order valence-electron chi connectivity index (χ3n) is 7.09. The Morgan fingerprint density at radius 3 is 2.57 bits per heavy atom. The van der Waals surface area contributed by atoms with Crippen LogP contribution in [0.1, 0.15) is 50.1 Å². The smallest absolute Gasteiger partial charge is 0.239 e. The first-order valence-corrected chi connectivity index (χ1v) is 11.4. The molecule has 1 aromatic heterocycles. The van der Waals surface area contributed by atoms with Crippen LogP contribution >= 0.6 is 0 Å². The van der Waals surface area contributed by atoms with Crippen LogP contribution in [0.4, 0.5) is 0 Å². The number of aromatic nitrogens is 1. The number of amides is 1. The zero-order valence-corrected chi connectivity index (χ0v) is 17.8. The van der Waals surface area contributed by atoms with Crippen molar-refractivity contribution in [3.63, 3.8) is 0 Å². The average molecular weight is 402 g/mol. The molecule has 1 N–H and O–H groups in total. The molecule has 1 saturated carbocycles. The van der Waals surface area contributed by atoms with Gasteiger partial charge in [0, 0.05) is 35.8 Å². The predicted molar refractivity (Wildman–Crippen MR) is 122 cm³/mol. The van der Waals surface area contributed by atoms with E-state index < -0.39 is 0 Å². The van der Waals surface area contributed by atoms with Crippen molar-refractivity contribution in [1.29, 1.82) is 0 Å². The van der Waals surface area contributed by atoms with Crippen LogP contribution in [0.5, 0.6) is 0 Å². The Bertz CT molecular complexity index is 1030. The summed E-state index contributed by atoms with van der Waals surface area (Å²) in [5, 5.41) is 4.35. The Kier molecular flexibility index (Phi) is 5.34. The molecule has 2 aromatic carbocycles. The van der Waals surface area contributed by atoms with Crippen LogP contribution in [0.3, 0.4) is 0 Å². The van der Waals surface area contributed by atoms with Gasteiger partial charge in [-0.3, -0.25) is 9.69 Å². The molecule has 4 nitrogen and oxygen atoms in total. The maximum Gasteiger partial charge on any atom is 0.239 e. The fourth-order valence-corrected chi connectivity index (χ4v) is 5.42. The Morgan fingerprint density at radius 2 is 1.77 bits per heavy atom. The van der Waals surface area contributed by atoms with Gasteiger partial charge in [-0.1, -0.05) is 61.7 Å². The fraction of sp³-hybridized carbons (Fsp3) is 0.423. The number of hydrogen-bond acceptors (Lipinski definition) is 2. The summed E-state index contributed by atoms with van der Waals surface area (Å²) in [7, 11) is 2.28. The van der Waals surface area contributed by atoms with Crippen LogP contribution in [0, 0.1) is 0 Å². The molecule has 0 radical (unpaired) electrons. The molecule has 1 fully saturated rings. The zero-order chi connectivity index (χ0) is 20.5. The third-order valence-corrected chi connectivity index (χ3v) is 7.09. The Hall–Kier alpha value is -2.59. The number of nitrogens with zero attached hydrogens (tertiary/aromatic N) is 2. The van der Waals surface area contributed by atoms with Crippen LogP contribution in [-0.2, 0) is 11.3 Å². The first-order chi connectivity index (χ1) is 14.7. The van der Waals surface area contributed by atoms with E-state index in [-0.39, 0.29) is 5.91 Å². The summed E-state index contributed by atoms with van der Waals surface area (Å²) in [6.45, 7) is 1.06. The van der Waals surface area contributed by atoms with Crippen molar-refractivity contribution < 1.29 is 4.79 Å². The lowest BCUT2D eigenvalue weighted by Gasteiger charge is -2.37. The van der Waals surface area contributed by atoms with Crippen molar-refractivity contribution in [2.75, 3.05) is 13.6 Å². The highest BCUT2D eigenvalue weighted by Crippen LogP contribution is 2.34. The summed E-state index contributed by atoms with van der Waals surface area (Å²) < 4.78 is 2.08. The SMILES string of the molecule is CN(C1CCCCC1)C1CCNC(=O)Cn2ccc3cccc(c32)-c2ccc1cc2. The highest BCUT2D eigenvalue weighted by atomic mass is 16.1. The molecule has 156 valence electrons. The van der Waals surface area contributed by atoms with Crippen LogP contribution in [0.15, 0.2) is 54.7 Å². The maximum absolute atomic E-state index is 12.7. The van der Waals surface area contributed by atoms with Gasteiger partial charge in [-0.25, -0.2) is 0 Å². The van der Waals surface area contributed by atoms with Gasteiger partial charge in [0.2, 0.25) is 5.91 Å². The lowest BCUT2D eigenvalue weighted by molar-refractivity contribution is -0.121. The van der Waals surface area contributed by atoms with E-state index >= 15 is 0 Å². The Labute approximate surface area is 178 Å². The summed E-state index contributed by atoms with van der Waals surface area (Å²) in [6.07, 6.45) is 9.57. The van der Waals surface area contributed by atoms with E-state index in [2.05, 4.69) is 70.4 Å². The van der Waals surface area contributed by atoms with Gasteiger partial charge in [0.15, 0.2) is 0 Å². The third kappa shape index (κ3) is 3.65. The minimum atomic E-state index is 0.0869. The molecule has 3 aliphatic rings. The number of nitrogens with one attached hydrogen (secondary N) is 1. The molecule has 2 bridgehead atoms. The number of rotatable bonds is 2. The molecule has 1 aliphatic carbocycles. The maximum atomic E-state index is 12.7. The van der Waals surface area contributed by atoms with Gasteiger partial charge in [-0.2, -0.15) is 0 Å². The lowest BCUT2D eigenvalue weighted by Crippen LogP contribution is -2.38. The molecule has 30 heavy (non-hydrogen) atoms. The summed E-state index contributed by atoms with van der Waals surface area (Å²) in [6, 6.07) is 18.6. The first-order valence-electron chi connectivity index (χ1n) is 11.4. The monoisotopic (exact) mass is 401 g/mol. The molecule has 0 spiro atoms. The predicted octanol–water partition coefficient (Wildman–Crippen LogP) is 5.13. The molecular weight excluding hydrogens is 370 g/mol. The fourth-order valence-electron chi connectivity index (χ4n) is 5.42. The first kappa shape index (κ1) is 19.4. The molecule has 2 aliphatic heterocycles. The van der Waals surface area contributed by atoms with Crippen LogP contribution in [-0.4, -0.2) is 35.0 Å². The summed E-state index contributed by atoms with van der Waals surface area (Å²) >= 11 is 0. The highest BCUT2D eigenvalue weighted by molar-refractivity contribution is 5.95. The van der Waals surface area contributed by atoms with Crippen molar-refractivity contribution in [3.05, 3.63) is 60.3 Å². The molecule has 6 rings (SSSR count). The summed E-state index contributed by atoms with van der Waals surface area (Å²) in [5.74, 6) is 0.0869. The van der Waals surface area contributed by atoms with Gasteiger partial charge in [0.05, 0.1) is 5.52 Å². The second-order valence-corrected chi connectivity index (χ2v) is 8.92. The minimum absolute atomic E-state index is 0.0869. The number of hydrogen-bond donors (Lipinski definition) is 1. The van der Waals surface area contributed by atoms with Crippen molar-refractivity contribution >= 4 is 16.8 Å². The van der Waals surface area contributed by atoms with E-state index in [0.29, 0.717) is 25.2 Å². The normalized spacial score (nSPS) is 20.6. The minimum Gasteiger partial charge on any atom is -0.354 e. The van der Waals surface area contributed by atoms with E-state index in [1.807, 2.05) is 6.20 Å². The van der Waals surface area contributed by atoms with Gasteiger partial charge in [0.1, 0.15) is 6.54 Å². The van der Waals surface area contributed by atoms with Crippen LogP contribution in [0.2, 0.25) is 0 Å². The van der Waals surface area contributed by atoms with Gasteiger partial charge in [-0.15, -0.1) is 0 Å². The Balaban J connectivity index is 1.55. The molecule has 0 saturated heterocycles. The number of benzene rings is 2. The van der Waals surface area contributed by atoms with Gasteiger partial charge < -0.3 is 9.88 Å². The van der Waals surface area contributed by atoms with E-state index in [1.54, 1.807) is 0 Å². The number of fused-ring (bicyclic) bond motifs is 7. The van der Waals surface area contributed by atoms with Gasteiger partial charge in [-0.05, 0) is 43.5 Å². The zero-order valence-electron chi connectivity index (χ0n) is 17.8. The van der Waals surface area contributed by atoms with E-state index in [9.17, 15) is 4.79 Å². The van der Waals surface area contributed by atoms with Crippen molar-refractivity contribution in [2.24, 2.45) is 0 Å². The molecule has 3 heterocycles. The topological polar surface area (TPSA) is 37.3 Å². The van der Waals surface area contributed by atoms with E-state index in [4.69, 9.17) is 0 Å². The molecule has 1 atom stereocenters. The molecule has 1 unspecified atom stereocenters. The number of carbonyl (C=O) groups is 1.